The topological polar surface area (TPSA) is 39.2 Å². The minimum atomic E-state index is -0.0842. The van der Waals surface area contributed by atoms with Crippen molar-refractivity contribution >= 4 is 33.4 Å². The van der Waals surface area contributed by atoms with Crippen molar-refractivity contribution in [2.24, 2.45) is 0 Å². The van der Waals surface area contributed by atoms with Gasteiger partial charge in [0.1, 0.15) is 5.75 Å². The molecule has 0 saturated carbocycles. The van der Waals surface area contributed by atoms with Crippen molar-refractivity contribution in [3.05, 3.63) is 65.2 Å². The van der Waals surface area contributed by atoms with Crippen LogP contribution in [0.2, 0.25) is 0 Å². The Morgan fingerprint density at radius 2 is 2.05 bits per heavy atom. The Morgan fingerprint density at radius 3 is 2.86 bits per heavy atom. The first-order chi connectivity index (χ1) is 10.3. The maximum absolute atomic E-state index is 12.2. The number of fused-ring (bicyclic) bond motifs is 1. The van der Waals surface area contributed by atoms with Crippen LogP contribution in [-0.2, 0) is 0 Å². The molecule has 21 heavy (non-hydrogen) atoms. The summed E-state index contributed by atoms with van der Waals surface area (Å²) in [6, 6.07) is 15.3. The van der Waals surface area contributed by atoms with Crippen LogP contribution >= 0.6 is 11.3 Å². The quantitative estimate of drug-likeness (QED) is 0.535. The van der Waals surface area contributed by atoms with Crippen molar-refractivity contribution < 1.29 is 9.53 Å². The minimum Gasteiger partial charge on any atom is -0.497 e. The molecule has 0 spiro atoms. The lowest BCUT2D eigenvalue weighted by Crippen LogP contribution is -1.92. The third kappa shape index (κ3) is 3.01. The summed E-state index contributed by atoms with van der Waals surface area (Å²) >= 11 is 1.41. The van der Waals surface area contributed by atoms with Gasteiger partial charge >= 0.3 is 0 Å². The molecule has 3 nitrogen and oxygen atoms in total. The number of allylic oxidation sites excluding steroid dienone is 1. The van der Waals surface area contributed by atoms with E-state index >= 15 is 0 Å². The van der Waals surface area contributed by atoms with Gasteiger partial charge in [-0.15, -0.1) is 11.3 Å². The Balaban J connectivity index is 1.83. The van der Waals surface area contributed by atoms with Gasteiger partial charge in [0.05, 0.1) is 17.3 Å². The van der Waals surface area contributed by atoms with E-state index in [1.54, 1.807) is 19.3 Å². The molecule has 0 aliphatic rings. The molecule has 0 atom stereocenters. The lowest BCUT2D eigenvalue weighted by molar-refractivity contribution is 0.104. The van der Waals surface area contributed by atoms with Gasteiger partial charge in [-0.3, -0.25) is 4.79 Å². The molecule has 1 aromatic heterocycles. The normalized spacial score (nSPS) is 11.1. The Labute approximate surface area is 126 Å². The van der Waals surface area contributed by atoms with E-state index in [1.165, 1.54) is 11.3 Å². The molecular weight excluding hydrogens is 282 g/mol. The average molecular weight is 295 g/mol. The number of carbonyl (C=O) groups excluding carboxylic acids is 1. The first-order valence-corrected chi connectivity index (χ1v) is 7.30. The lowest BCUT2D eigenvalue weighted by atomic mass is 10.2. The molecule has 0 amide bonds. The average Bonchev–Trinajstić information content (AvgIpc) is 2.97. The summed E-state index contributed by atoms with van der Waals surface area (Å²) in [6.45, 7) is 0. The molecule has 0 N–H and O–H groups in total. The summed E-state index contributed by atoms with van der Waals surface area (Å²) in [7, 11) is 1.62. The molecule has 0 saturated heterocycles. The zero-order valence-electron chi connectivity index (χ0n) is 11.4. The molecule has 4 heteroatoms. The molecule has 0 radical (unpaired) electrons. The molecule has 104 valence electrons. The molecule has 3 rings (SSSR count). The molecule has 0 aliphatic carbocycles. The number of methoxy groups -OCH3 is 1. The summed E-state index contributed by atoms with van der Waals surface area (Å²) < 4.78 is 6.18. The van der Waals surface area contributed by atoms with Gasteiger partial charge in [-0.25, -0.2) is 4.98 Å². The van der Waals surface area contributed by atoms with Crippen molar-refractivity contribution in [3.63, 3.8) is 0 Å². The minimum absolute atomic E-state index is 0.0842. The lowest BCUT2D eigenvalue weighted by Gasteiger charge is -1.99. The zero-order valence-corrected chi connectivity index (χ0v) is 12.3. The number of aromatic nitrogens is 1. The molecule has 2 aromatic carbocycles. The van der Waals surface area contributed by atoms with Gasteiger partial charge in [-0.2, -0.15) is 0 Å². The van der Waals surface area contributed by atoms with Crippen LogP contribution in [0.4, 0.5) is 0 Å². The summed E-state index contributed by atoms with van der Waals surface area (Å²) in [5, 5.41) is 0.510. The second-order valence-corrected chi connectivity index (χ2v) is 5.49. The highest BCUT2D eigenvalue weighted by molar-refractivity contribution is 7.20. The van der Waals surface area contributed by atoms with Gasteiger partial charge in [-0.05, 0) is 35.9 Å². The van der Waals surface area contributed by atoms with Crippen LogP contribution < -0.4 is 4.74 Å². The van der Waals surface area contributed by atoms with Crippen molar-refractivity contribution in [1.29, 1.82) is 0 Å². The molecule has 0 aliphatic heterocycles. The molecule has 0 unspecified atom stereocenters. The van der Waals surface area contributed by atoms with E-state index in [1.807, 2.05) is 48.5 Å². The number of nitrogens with zero attached hydrogens (tertiary/aromatic N) is 1. The first kappa shape index (κ1) is 13.5. The number of carbonyl (C=O) groups is 1. The van der Waals surface area contributed by atoms with Crippen LogP contribution in [0.25, 0.3) is 16.3 Å². The summed E-state index contributed by atoms with van der Waals surface area (Å²) in [5.74, 6) is 0.684. The summed E-state index contributed by atoms with van der Waals surface area (Å²) in [5.41, 5.74) is 1.78. The molecular formula is C17H13NO2S. The van der Waals surface area contributed by atoms with Gasteiger partial charge in [-0.1, -0.05) is 30.3 Å². The van der Waals surface area contributed by atoms with Crippen LogP contribution in [-0.4, -0.2) is 17.9 Å². The highest BCUT2D eigenvalue weighted by atomic mass is 32.1. The number of benzene rings is 2. The van der Waals surface area contributed by atoms with E-state index in [2.05, 4.69) is 4.98 Å². The van der Waals surface area contributed by atoms with Crippen molar-refractivity contribution in [1.82, 2.24) is 4.98 Å². The predicted molar refractivity (Wildman–Crippen MR) is 86.0 cm³/mol. The summed E-state index contributed by atoms with van der Waals surface area (Å²) in [6.07, 6.45) is 3.32. The maximum Gasteiger partial charge on any atom is 0.214 e. The predicted octanol–water partition coefficient (Wildman–Crippen LogP) is 4.20. The smallest absolute Gasteiger partial charge is 0.214 e. The molecule has 3 aromatic rings. The number of para-hydroxylation sites is 1. The third-order valence-corrected chi connectivity index (χ3v) is 4.08. The fourth-order valence-electron chi connectivity index (χ4n) is 1.97. The van der Waals surface area contributed by atoms with Crippen molar-refractivity contribution in [2.75, 3.05) is 7.11 Å². The zero-order chi connectivity index (χ0) is 14.7. The third-order valence-electron chi connectivity index (χ3n) is 3.03. The Morgan fingerprint density at radius 1 is 1.19 bits per heavy atom. The van der Waals surface area contributed by atoms with Crippen molar-refractivity contribution in [2.45, 2.75) is 0 Å². The number of hydrogen-bond acceptors (Lipinski definition) is 4. The van der Waals surface area contributed by atoms with E-state index in [4.69, 9.17) is 4.74 Å². The van der Waals surface area contributed by atoms with E-state index in [9.17, 15) is 4.79 Å². The van der Waals surface area contributed by atoms with Gasteiger partial charge in [0.25, 0.3) is 0 Å². The Kier molecular flexibility index (Phi) is 3.79. The summed E-state index contributed by atoms with van der Waals surface area (Å²) in [4.78, 5) is 16.5. The SMILES string of the molecule is COc1cccc(/C=C/C(=O)c2nc3ccccc3s2)c1. The first-order valence-electron chi connectivity index (χ1n) is 6.48. The fourth-order valence-corrected chi connectivity index (χ4v) is 2.85. The molecule has 0 bridgehead atoms. The number of rotatable bonds is 4. The number of thiazole rings is 1. The van der Waals surface area contributed by atoms with Crippen LogP contribution in [0.5, 0.6) is 5.75 Å². The molecule has 0 fully saturated rings. The van der Waals surface area contributed by atoms with Gasteiger partial charge < -0.3 is 4.74 Å². The van der Waals surface area contributed by atoms with Crippen LogP contribution in [0.3, 0.4) is 0 Å². The highest BCUT2D eigenvalue weighted by Crippen LogP contribution is 2.22. The fraction of sp³-hybridized carbons (Fsp3) is 0.0588. The van der Waals surface area contributed by atoms with Gasteiger partial charge in [0.2, 0.25) is 5.78 Å². The van der Waals surface area contributed by atoms with E-state index in [0.717, 1.165) is 21.5 Å². The standard InChI is InChI=1S/C17H13NO2S/c1-20-13-6-4-5-12(11-13)9-10-15(19)17-18-14-7-2-3-8-16(14)21-17/h2-11H,1H3/b10-9+. The number of ether oxygens (including phenoxy) is 1. The van der Waals surface area contributed by atoms with Gasteiger partial charge in [0.15, 0.2) is 5.01 Å². The van der Waals surface area contributed by atoms with E-state index in [-0.39, 0.29) is 5.78 Å². The Bertz CT molecular complexity index is 787. The van der Waals surface area contributed by atoms with E-state index in [0.29, 0.717) is 5.01 Å². The van der Waals surface area contributed by atoms with Crippen molar-refractivity contribution in [3.8, 4) is 5.75 Å². The maximum atomic E-state index is 12.2. The van der Waals surface area contributed by atoms with Crippen LogP contribution in [0.1, 0.15) is 15.4 Å². The largest absolute Gasteiger partial charge is 0.497 e. The van der Waals surface area contributed by atoms with Crippen LogP contribution in [0.15, 0.2) is 54.6 Å². The Hall–Kier alpha value is -2.46. The van der Waals surface area contributed by atoms with Gasteiger partial charge in [0, 0.05) is 0 Å². The van der Waals surface area contributed by atoms with E-state index < -0.39 is 0 Å². The number of hydrogen-bond donors (Lipinski definition) is 0. The number of ketones is 1. The molecule has 1 heterocycles. The highest BCUT2D eigenvalue weighted by Gasteiger charge is 2.08. The van der Waals surface area contributed by atoms with Crippen LogP contribution in [0, 0.1) is 0 Å². The second-order valence-electron chi connectivity index (χ2n) is 4.46. The monoisotopic (exact) mass is 295 g/mol. The second kappa shape index (κ2) is 5.89.